The molecule has 0 aliphatic carbocycles. The van der Waals surface area contributed by atoms with Gasteiger partial charge in [0.25, 0.3) is 5.91 Å². The minimum Gasteiger partial charge on any atom is -0.496 e. The van der Waals surface area contributed by atoms with Gasteiger partial charge in [0.2, 0.25) is 0 Å². The number of nitrogens with zero attached hydrogens (tertiary/aromatic N) is 2. The van der Waals surface area contributed by atoms with E-state index in [0.29, 0.717) is 29.5 Å². The molecule has 0 radical (unpaired) electrons. The SMILES string of the molecule is COc1ccc(-c2n[nH]nc2C(N)=O)cc1COc1ccc(C(C)C)cc1. The lowest BCUT2D eigenvalue weighted by Crippen LogP contribution is -2.12. The number of amides is 1. The summed E-state index contributed by atoms with van der Waals surface area (Å²) in [5, 5.41) is 10.3. The van der Waals surface area contributed by atoms with Crippen LogP contribution in [0.1, 0.15) is 41.4 Å². The van der Waals surface area contributed by atoms with Gasteiger partial charge >= 0.3 is 0 Å². The van der Waals surface area contributed by atoms with Crippen LogP contribution in [0.2, 0.25) is 0 Å². The fourth-order valence-corrected chi connectivity index (χ4v) is 2.75. The molecule has 3 aromatic rings. The van der Waals surface area contributed by atoms with Crippen LogP contribution in [0.25, 0.3) is 11.3 Å². The maximum Gasteiger partial charge on any atom is 0.271 e. The Labute approximate surface area is 157 Å². The molecular formula is C20H22N4O3. The molecule has 140 valence electrons. The second kappa shape index (κ2) is 7.90. The van der Waals surface area contributed by atoms with E-state index < -0.39 is 5.91 Å². The van der Waals surface area contributed by atoms with Crippen molar-refractivity contribution in [1.82, 2.24) is 15.4 Å². The van der Waals surface area contributed by atoms with Gasteiger partial charge in [0, 0.05) is 11.1 Å². The zero-order valence-electron chi connectivity index (χ0n) is 15.5. The normalized spacial score (nSPS) is 10.8. The van der Waals surface area contributed by atoms with Gasteiger partial charge in [0.15, 0.2) is 5.69 Å². The third-order valence-electron chi connectivity index (χ3n) is 4.28. The molecule has 0 atom stereocenters. The average molecular weight is 366 g/mol. The van der Waals surface area contributed by atoms with Crippen molar-refractivity contribution < 1.29 is 14.3 Å². The fraction of sp³-hybridized carbons (Fsp3) is 0.250. The zero-order valence-corrected chi connectivity index (χ0v) is 15.5. The van der Waals surface area contributed by atoms with E-state index in [4.69, 9.17) is 15.2 Å². The van der Waals surface area contributed by atoms with Gasteiger partial charge in [-0.2, -0.15) is 15.4 Å². The molecule has 1 aromatic heterocycles. The Morgan fingerprint density at radius 1 is 1.15 bits per heavy atom. The molecule has 1 heterocycles. The zero-order chi connectivity index (χ0) is 19.4. The van der Waals surface area contributed by atoms with E-state index in [2.05, 4.69) is 41.4 Å². The predicted octanol–water partition coefficient (Wildman–Crippen LogP) is 3.28. The first-order valence-electron chi connectivity index (χ1n) is 8.60. The summed E-state index contributed by atoms with van der Waals surface area (Å²) in [5.41, 5.74) is 8.62. The first-order valence-corrected chi connectivity index (χ1v) is 8.60. The standard InChI is InChI=1S/C20H22N4O3/c1-12(2)13-4-7-16(8-5-13)27-11-15-10-14(6-9-17(15)26-3)18-19(20(21)25)23-24-22-18/h4-10,12H,11H2,1-3H3,(H2,21,25)(H,22,23,24). The number of primary amides is 1. The summed E-state index contributed by atoms with van der Waals surface area (Å²) in [7, 11) is 1.60. The summed E-state index contributed by atoms with van der Waals surface area (Å²) >= 11 is 0. The molecule has 0 saturated heterocycles. The number of carbonyl (C=O) groups is 1. The minimum absolute atomic E-state index is 0.0938. The summed E-state index contributed by atoms with van der Waals surface area (Å²) in [6.07, 6.45) is 0. The Hall–Kier alpha value is -3.35. The number of methoxy groups -OCH3 is 1. The third-order valence-corrected chi connectivity index (χ3v) is 4.28. The number of hydrogen-bond donors (Lipinski definition) is 2. The van der Waals surface area contributed by atoms with Crippen molar-refractivity contribution in [3.63, 3.8) is 0 Å². The largest absolute Gasteiger partial charge is 0.496 e. The first-order chi connectivity index (χ1) is 13.0. The highest BCUT2D eigenvalue weighted by molar-refractivity contribution is 5.96. The number of rotatable bonds is 7. The first kappa shape index (κ1) is 18.4. The van der Waals surface area contributed by atoms with Gasteiger partial charge < -0.3 is 15.2 Å². The van der Waals surface area contributed by atoms with Crippen molar-refractivity contribution in [1.29, 1.82) is 0 Å². The van der Waals surface area contributed by atoms with Crippen molar-refractivity contribution in [2.24, 2.45) is 5.73 Å². The number of hydrogen-bond acceptors (Lipinski definition) is 5. The van der Waals surface area contributed by atoms with E-state index in [0.717, 1.165) is 11.3 Å². The molecule has 0 fully saturated rings. The summed E-state index contributed by atoms with van der Waals surface area (Å²) < 4.78 is 11.3. The molecule has 0 spiro atoms. The molecular weight excluding hydrogens is 344 g/mol. The predicted molar refractivity (Wildman–Crippen MR) is 102 cm³/mol. The monoisotopic (exact) mass is 366 g/mol. The number of aromatic nitrogens is 3. The second-order valence-electron chi connectivity index (χ2n) is 6.42. The summed E-state index contributed by atoms with van der Waals surface area (Å²) in [6.45, 7) is 4.61. The average Bonchev–Trinajstić information content (AvgIpc) is 3.16. The number of benzene rings is 2. The van der Waals surface area contributed by atoms with Crippen molar-refractivity contribution in [3.8, 4) is 22.8 Å². The molecule has 0 aliphatic rings. The van der Waals surface area contributed by atoms with E-state index >= 15 is 0 Å². The van der Waals surface area contributed by atoms with Crippen LogP contribution in [0.5, 0.6) is 11.5 Å². The Morgan fingerprint density at radius 3 is 2.52 bits per heavy atom. The highest BCUT2D eigenvalue weighted by atomic mass is 16.5. The van der Waals surface area contributed by atoms with E-state index in [1.54, 1.807) is 19.2 Å². The van der Waals surface area contributed by atoms with Crippen LogP contribution in [0.15, 0.2) is 42.5 Å². The lowest BCUT2D eigenvalue weighted by Gasteiger charge is -2.12. The highest BCUT2D eigenvalue weighted by Crippen LogP contribution is 2.28. The van der Waals surface area contributed by atoms with Gasteiger partial charge in [-0.25, -0.2) is 0 Å². The maximum atomic E-state index is 11.5. The van der Waals surface area contributed by atoms with Gasteiger partial charge in [0.1, 0.15) is 23.8 Å². The third kappa shape index (κ3) is 4.08. The molecule has 0 bridgehead atoms. The second-order valence-corrected chi connectivity index (χ2v) is 6.42. The summed E-state index contributed by atoms with van der Waals surface area (Å²) in [5.74, 6) is 1.28. The molecule has 0 saturated carbocycles. The molecule has 0 aliphatic heterocycles. The Balaban J connectivity index is 1.83. The quantitative estimate of drug-likeness (QED) is 0.668. The number of nitrogens with one attached hydrogen (secondary N) is 1. The maximum absolute atomic E-state index is 11.5. The number of ether oxygens (including phenoxy) is 2. The summed E-state index contributed by atoms with van der Waals surface area (Å²) in [6, 6.07) is 13.5. The van der Waals surface area contributed by atoms with Crippen LogP contribution in [0.3, 0.4) is 0 Å². The number of aromatic amines is 1. The van der Waals surface area contributed by atoms with Crippen molar-refractivity contribution in [2.75, 3.05) is 7.11 Å². The summed E-state index contributed by atoms with van der Waals surface area (Å²) in [4.78, 5) is 11.5. The van der Waals surface area contributed by atoms with Crippen LogP contribution in [0, 0.1) is 0 Å². The van der Waals surface area contributed by atoms with Crippen molar-refractivity contribution in [2.45, 2.75) is 26.4 Å². The lowest BCUT2D eigenvalue weighted by molar-refractivity contribution is 0.0996. The topological polar surface area (TPSA) is 103 Å². The smallest absolute Gasteiger partial charge is 0.271 e. The highest BCUT2D eigenvalue weighted by Gasteiger charge is 2.17. The lowest BCUT2D eigenvalue weighted by atomic mass is 10.0. The number of nitrogens with two attached hydrogens (primary N) is 1. The van der Waals surface area contributed by atoms with Gasteiger partial charge in [0.05, 0.1) is 7.11 Å². The number of H-pyrrole nitrogens is 1. The Bertz CT molecular complexity index is 933. The van der Waals surface area contributed by atoms with Crippen LogP contribution < -0.4 is 15.2 Å². The molecule has 0 unspecified atom stereocenters. The van der Waals surface area contributed by atoms with Crippen LogP contribution in [-0.2, 0) is 6.61 Å². The van der Waals surface area contributed by atoms with Crippen LogP contribution in [-0.4, -0.2) is 28.4 Å². The molecule has 27 heavy (non-hydrogen) atoms. The van der Waals surface area contributed by atoms with Gasteiger partial charge in [-0.05, 0) is 41.8 Å². The fourth-order valence-electron chi connectivity index (χ4n) is 2.75. The van der Waals surface area contributed by atoms with Crippen LogP contribution in [0.4, 0.5) is 0 Å². The van der Waals surface area contributed by atoms with E-state index in [1.165, 1.54) is 5.56 Å². The molecule has 1 amide bonds. The van der Waals surface area contributed by atoms with E-state index in [1.807, 2.05) is 18.2 Å². The molecule has 7 heteroatoms. The molecule has 7 nitrogen and oxygen atoms in total. The Morgan fingerprint density at radius 2 is 1.89 bits per heavy atom. The van der Waals surface area contributed by atoms with Crippen molar-refractivity contribution >= 4 is 5.91 Å². The Kier molecular flexibility index (Phi) is 5.40. The molecule has 3 N–H and O–H groups in total. The number of carbonyl (C=O) groups excluding carboxylic acids is 1. The van der Waals surface area contributed by atoms with Gasteiger partial charge in [-0.3, -0.25) is 4.79 Å². The molecule has 2 aromatic carbocycles. The van der Waals surface area contributed by atoms with Gasteiger partial charge in [-0.1, -0.05) is 26.0 Å². The van der Waals surface area contributed by atoms with E-state index in [-0.39, 0.29) is 5.69 Å². The van der Waals surface area contributed by atoms with Crippen LogP contribution >= 0.6 is 0 Å². The van der Waals surface area contributed by atoms with E-state index in [9.17, 15) is 4.79 Å². The van der Waals surface area contributed by atoms with Crippen molar-refractivity contribution in [3.05, 3.63) is 59.3 Å². The minimum atomic E-state index is -0.641. The van der Waals surface area contributed by atoms with Gasteiger partial charge in [-0.15, -0.1) is 0 Å². The molecule has 3 rings (SSSR count).